The quantitative estimate of drug-likeness (QED) is 0.738. The zero-order valence-electron chi connectivity index (χ0n) is 7.69. The summed E-state index contributed by atoms with van der Waals surface area (Å²) in [5.74, 6) is -0.272. The van der Waals surface area contributed by atoms with E-state index in [0.29, 0.717) is 12.4 Å². The van der Waals surface area contributed by atoms with Crippen LogP contribution < -0.4 is 10.5 Å². The molecule has 0 aliphatic heterocycles. The first kappa shape index (κ1) is 10.2. The zero-order valence-corrected chi connectivity index (χ0v) is 7.69. The number of carbonyl (C=O) groups is 1. The first-order valence-electron chi connectivity index (χ1n) is 4.09. The van der Waals surface area contributed by atoms with Crippen molar-refractivity contribution in [2.24, 2.45) is 10.9 Å². The lowest BCUT2D eigenvalue weighted by Gasteiger charge is -2.06. The van der Waals surface area contributed by atoms with Crippen molar-refractivity contribution < 1.29 is 9.53 Å². The van der Waals surface area contributed by atoms with Gasteiger partial charge in [-0.1, -0.05) is 0 Å². The number of hydrogen-bond acceptors (Lipinski definition) is 4. The number of carbonyl (C=O) groups excluding carboxylic acids is 1. The van der Waals surface area contributed by atoms with Crippen molar-refractivity contribution in [2.75, 3.05) is 6.61 Å². The van der Waals surface area contributed by atoms with E-state index < -0.39 is 5.91 Å². The summed E-state index contributed by atoms with van der Waals surface area (Å²) in [6.45, 7) is 2.21. The highest BCUT2D eigenvalue weighted by Crippen LogP contribution is 2.23. The van der Waals surface area contributed by atoms with Crippen LogP contribution in [-0.2, 0) is 0 Å². The van der Waals surface area contributed by atoms with Crippen LogP contribution in [0.15, 0.2) is 23.4 Å². The van der Waals surface area contributed by atoms with Crippen LogP contribution in [0.4, 0.5) is 5.69 Å². The number of hydrogen-bond donors (Lipinski definition) is 1. The Kier molecular flexibility index (Phi) is 3.17. The van der Waals surface area contributed by atoms with E-state index in [1.807, 2.05) is 0 Å². The monoisotopic (exact) mass is 194 g/mol. The number of primary amides is 1. The smallest absolute Gasteiger partial charge is 0.252 e. The van der Waals surface area contributed by atoms with E-state index >= 15 is 0 Å². The number of nitroso groups, excluding NO2 is 1. The summed E-state index contributed by atoms with van der Waals surface area (Å²) in [6.07, 6.45) is 0. The number of rotatable bonds is 4. The molecule has 1 amide bonds. The Morgan fingerprint density at radius 1 is 1.57 bits per heavy atom. The minimum Gasteiger partial charge on any atom is -0.493 e. The minimum absolute atomic E-state index is 0.155. The van der Waals surface area contributed by atoms with E-state index in [9.17, 15) is 9.70 Å². The standard InChI is InChI=1S/C9H10N2O3/c1-2-14-8-4-3-6(11-13)5-7(8)9(10)12/h3-5H,2H2,1H3,(H2,10,12). The first-order valence-corrected chi connectivity index (χ1v) is 4.09. The summed E-state index contributed by atoms with van der Waals surface area (Å²) in [6, 6.07) is 4.27. The van der Waals surface area contributed by atoms with Gasteiger partial charge in [-0.15, -0.1) is 4.91 Å². The van der Waals surface area contributed by atoms with Gasteiger partial charge in [0, 0.05) is 0 Å². The fraction of sp³-hybridized carbons (Fsp3) is 0.222. The molecule has 5 nitrogen and oxygen atoms in total. The van der Waals surface area contributed by atoms with Crippen molar-refractivity contribution in [1.29, 1.82) is 0 Å². The number of ether oxygens (including phenoxy) is 1. The largest absolute Gasteiger partial charge is 0.493 e. The van der Waals surface area contributed by atoms with Crippen LogP contribution in [0.5, 0.6) is 5.75 Å². The maximum Gasteiger partial charge on any atom is 0.252 e. The van der Waals surface area contributed by atoms with E-state index in [0.717, 1.165) is 0 Å². The molecule has 0 aromatic heterocycles. The van der Waals surface area contributed by atoms with Crippen molar-refractivity contribution in [3.05, 3.63) is 28.7 Å². The van der Waals surface area contributed by atoms with Crippen LogP contribution in [0.25, 0.3) is 0 Å². The third kappa shape index (κ3) is 2.07. The predicted octanol–water partition coefficient (Wildman–Crippen LogP) is 1.58. The van der Waals surface area contributed by atoms with Gasteiger partial charge in [0.2, 0.25) is 0 Å². The van der Waals surface area contributed by atoms with Crippen LogP contribution in [0.3, 0.4) is 0 Å². The molecular formula is C9H10N2O3. The van der Waals surface area contributed by atoms with Crippen LogP contribution in [-0.4, -0.2) is 12.5 Å². The molecule has 14 heavy (non-hydrogen) atoms. The maximum absolute atomic E-state index is 11.0. The van der Waals surface area contributed by atoms with Crippen molar-refractivity contribution in [3.8, 4) is 5.75 Å². The zero-order chi connectivity index (χ0) is 10.6. The molecule has 74 valence electrons. The molecule has 1 rings (SSSR count). The summed E-state index contributed by atoms with van der Waals surface area (Å²) in [5.41, 5.74) is 5.43. The van der Waals surface area contributed by atoms with Crippen molar-refractivity contribution in [2.45, 2.75) is 6.92 Å². The summed E-state index contributed by atoms with van der Waals surface area (Å²) in [4.78, 5) is 21.2. The highest BCUT2D eigenvalue weighted by atomic mass is 16.5. The van der Waals surface area contributed by atoms with Crippen LogP contribution >= 0.6 is 0 Å². The van der Waals surface area contributed by atoms with E-state index in [1.165, 1.54) is 18.2 Å². The van der Waals surface area contributed by atoms with Crippen LogP contribution in [0, 0.1) is 4.91 Å². The fourth-order valence-corrected chi connectivity index (χ4v) is 1.05. The van der Waals surface area contributed by atoms with Gasteiger partial charge in [0.25, 0.3) is 5.91 Å². The third-order valence-electron chi connectivity index (χ3n) is 1.63. The third-order valence-corrected chi connectivity index (χ3v) is 1.63. The highest BCUT2D eigenvalue weighted by Gasteiger charge is 2.10. The molecule has 0 unspecified atom stereocenters. The Morgan fingerprint density at radius 2 is 2.29 bits per heavy atom. The molecule has 0 saturated heterocycles. The van der Waals surface area contributed by atoms with Crippen molar-refractivity contribution in [3.63, 3.8) is 0 Å². The van der Waals surface area contributed by atoms with Crippen molar-refractivity contribution in [1.82, 2.24) is 0 Å². The Hall–Kier alpha value is -1.91. The number of nitrogens with two attached hydrogens (primary N) is 1. The van der Waals surface area contributed by atoms with Gasteiger partial charge in [-0.2, -0.15) is 0 Å². The van der Waals surface area contributed by atoms with Gasteiger partial charge in [-0.3, -0.25) is 4.79 Å². The molecule has 0 aliphatic carbocycles. The average molecular weight is 194 g/mol. The van der Waals surface area contributed by atoms with Gasteiger partial charge >= 0.3 is 0 Å². The lowest BCUT2D eigenvalue weighted by molar-refractivity contribution is 0.0996. The maximum atomic E-state index is 11.0. The summed E-state index contributed by atoms with van der Waals surface area (Å²) < 4.78 is 5.15. The summed E-state index contributed by atoms with van der Waals surface area (Å²) >= 11 is 0. The van der Waals surface area contributed by atoms with E-state index in [2.05, 4.69) is 5.18 Å². The Labute approximate surface area is 80.8 Å². The van der Waals surface area contributed by atoms with E-state index in [-0.39, 0.29) is 11.3 Å². The molecule has 0 fully saturated rings. The molecular weight excluding hydrogens is 184 g/mol. The number of benzene rings is 1. The average Bonchev–Trinajstić information content (AvgIpc) is 2.18. The first-order chi connectivity index (χ1) is 6.69. The Balaban J connectivity index is 3.16. The predicted molar refractivity (Wildman–Crippen MR) is 51.6 cm³/mol. The van der Waals surface area contributed by atoms with E-state index in [4.69, 9.17) is 10.5 Å². The lowest BCUT2D eigenvalue weighted by atomic mass is 10.1. The van der Waals surface area contributed by atoms with Gasteiger partial charge in [-0.05, 0) is 30.3 Å². The molecule has 1 aromatic rings. The summed E-state index contributed by atoms with van der Waals surface area (Å²) in [5, 5.41) is 2.70. The van der Waals surface area contributed by atoms with Gasteiger partial charge < -0.3 is 10.5 Å². The Morgan fingerprint density at radius 3 is 2.79 bits per heavy atom. The molecule has 1 aromatic carbocycles. The minimum atomic E-state index is -0.640. The summed E-state index contributed by atoms with van der Waals surface area (Å²) in [7, 11) is 0. The van der Waals surface area contributed by atoms with Gasteiger partial charge in [0.15, 0.2) is 0 Å². The molecule has 0 saturated carbocycles. The molecule has 0 atom stereocenters. The molecule has 2 N–H and O–H groups in total. The fourth-order valence-electron chi connectivity index (χ4n) is 1.05. The SMILES string of the molecule is CCOc1ccc(N=O)cc1C(N)=O. The molecule has 0 bridgehead atoms. The van der Waals surface area contributed by atoms with Gasteiger partial charge in [0.05, 0.1) is 12.2 Å². The molecule has 0 spiro atoms. The normalized spacial score (nSPS) is 9.50. The number of nitrogens with zero attached hydrogens (tertiary/aromatic N) is 1. The second-order valence-electron chi connectivity index (χ2n) is 2.57. The number of amides is 1. The molecule has 5 heteroatoms. The van der Waals surface area contributed by atoms with Crippen LogP contribution in [0.2, 0.25) is 0 Å². The Bertz CT molecular complexity index is 363. The topological polar surface area (TPSA) is 81.8 Å². The molecule has 0 radical (unpaired) electrons. The second-order valence-corrected chi connectivity index (χ2v) is 2.57. The van der Waals surface area contributed by atoms with E-state index in [1.54, 1.807) is 6.92 Å². The highest BCUT2D eigenvalue weighted by molar-refractivity contribution is 5.96. The van der Waals surface area contributed by atoms with Crippen molar-refractivity contribution >= 4 is 11.6 Å². The molecule has 0 aliphatic rings. The van der Waals surface area contributed by atoms with Crippen LogP contribution in [0.1, 0.15) is 17.3 Å². The van der Waals surface area contributed by atoms with Gasteiger partial charge in [-0.25, -0.2) is 0 Å². The lowest BCUT2D eigenvalue weighted by Crippen LogP contribution is -2.12. The van der Waals surface area contributed by atoms with Gasteiger partial charge in [0.1, 0.15) is 11.4 Å². The molecule has 0 heterocycles. The second kappa shape index (κ2) is 4.36.